The van der Waals surface area contributed by atoms with E-state index >= 15 is 0 Å². The van der Waals surface area contributed by atoms with Gasteiger partial charge in [-0.3, -0.25) is 4.79 Å². The van der Waals surface area contributed by atoms with Gasteiger partial charge in [-0.2, -0.15) is 0 Å². The van der Waals surface area contributed by atoms with Crippen molar-refractivity contribution in [1.29, 1.82) is 0 Å². The topological polar surface area (TPSA) is 54.9 Å². The second-order valence-corrected chi connectivity index (χ2v) is 8.64. The molecule has 24 heavy (non-hydrogen) atoms. The van der Waals surface area contributed by atoms with Crippen molar-refractivity contribution in [1.82, 2.24) is 9.97 Å². The van der Waals surface area contributed by atoms with Crippen LogP contribution in [0.25, 0.3) is 20.4 Å². The van der Waals surface area contributed by atoms with Crippen molar-refractivity contribution in [3.8, 4) is 0 Å². The van der Waals surface area contributed by atoms with Gasteiger partial charge in [0, 0.05) is 5.02 Å². The molecular formula is C16H10ClN3OS3. The lowest BCUT2D eigenvalue weighted by molar-refractivity contribution is -0.113. The highest BCUT2D eigenvalue weighted by molar-refractivity contribution is 8.01. The molecule has 0 radical (unpaired) electrons. The van der Waals surface area contributed by atoms with Gasteiger partial charge in [-0.05, 0) is 30.3 Å². The Morgan fingerprint density at radius 1 is 1.08 bits per heavy atom. The molecule has 4 aromatic rings. The maximum absolute atomic E-state index is 12.1. The van der Waals surface area contributed by atoms with E-state index < -0.39 is 0 Å². The quantitative estimate of drug-likeness (QED) is 0.480. The zero-order chi connectivity index (χ0) is 16.5. The van der Waals surface area contributed by atoms with Gasteiger partial charge in [0.1, 0.15) is 0 Å². The molecule has 0 unspecified atom stereocenters. The van der Waals surface area contributed by atoms with E-state index in [4.69, 9.17) is 11.6 Å². The molecule has 4 rings (SSSR count). The predicted molar refractivity (Wildman–Crippen MR) is 104 cm³/mol. The fraction of sp³-hybridized carbons (Fsp3) is 0.0625. The number of aromatic nitrogens is 2. The molecule has 0 aliphatic rings. The van der Waals surface area contributed by atoms with Gasteiger partial charge in [0.25, 0.3) is 0 Å². The number of thiazole rings is 2. The minimum atomic E-state index is -0.0867. The van der Waals surface area contributed by atoms with Crippen molar-refractivity contribution >= 4 is 77.5 Å². The molecule has 0 aliphatic heterocycles. The first-order valence-corrected chi connectivity index (χ1v) is 10.0. The second kappa shape index (κ2) is 6.68. The van der Waals surface area contributed by atoms with Crippen LogP contribution in [0.4, 0.5) is 5.13 Å². The van der Waals surface area contributed by atoms with Crippen LogP contribution in [0.2, 0.25) is 5.02 Å². The van der Waals surface area contributed by atoms with Crippen LogP contribution in [-0.2, 0) is 4.79 Å². The number of nitrogens with one attached hydrogen (secondary N) is 1. The van der Waals surface area contributed by atoms with Crippen LogP contribution in [0.5, 0.6) is 0 Å². The summed E-state index contributed by atoms with van der Waals surface area (Å²) >= 11 is 10.4. The minimum Gasteiger partial charge on any atom is -0.301 e. The van der Waals surface area contributed by atoms with Gasteiger partial charge in [-0.15, -0.1) is 11.3 Å². The number of hydrogen-bond donors (Lipinski definition) is 1. The number of hydrogen-bond acceptors (Lipinski definition) is 6. The van der Waals surface area contributed by atoms with Crippen LogP contribution < -0.4 is 5.32 Å². The molecule has 0 spiro atoms. The molecule has 2 aromatic heterocycles. The Hall–Kier alpha value is -1.67. The van der Waals surface area contributed by atoms with E-state index in [1.807, 2.05) is 42.5 Å². The van der Waals surface area contributed by atoms with E-state index in [9.17, 15) is 4.79 Å². The van der Waals surface area contributed by atoms with Crippen LogP contribution in [0.3, 0.4) is 0 Å². The molecule has 4 nitrogen and oxygen atoms in total. The van der Waals surface area contributed by atoms with Crippen molar-refractivity contribution in [2.24, 2.45) is 0 Å². The number of carbonyl (C=O) groups excluding carboxylic acids is 1. The lowest BCUT2D eigenvalue weighted by Gasteiger charge is -1.99. The molecule has 0 saturated heterocycles. The zero-order valence-electron chi connectivity index (χ0n) is 12.2. The van der Waals surface area contributed by atoms with Crippen LogP contribution >= 0.6 is 46.0 Å². The van der Waals surface area contributed by atoms with Crippen molar-refractivity contribution in [2.75, 3.05) is 11.1 Å². The predicted octanol–water partition coefficient (Wildman–Crippen LogP) is 5.29. The van der Waals surface area contributed by atoms with Crippen LogP contribution in [-0.4, -0.2) is 21.6 Å². The molecular weight excluding hydrogens is 382 g/mol. The summed E-state index contributed by atoms with van der Waals surface area (Å²) in [5.41, 5.74) is 1.80. The van der Waals surface area contributed by atoms with Crippen LogP contribution in [0, 0.1) is 0 Å². The molecule has 2 heterocycles. The van der Waals surface area contributed by atoms with Gasteiger partial charge in [0.15, 0.2) is 9.47 Å². The first-order chi connectivity index (χ1) is 11.7. The third kappa shape index (κ3) is 3.39. The monoisotopic (exact) mass is 391 g/mol. The molecule has 0 atom stereocenters. The summed E-state index contributed by atoms with van der Waals surface area (Å²) in [6.07, 6.45) is 0. The Morgan fingerprint density at radius 2 is 1.92 bits per heavy atom. The molecule has 8 heteroatoms. The molecule has 0 fully saturated rings. The van der Waals surface area contributed by atoms with Gasteiger partial charge >= 0.3 is 0 Å². The smallest absolute Gasteiger partial charge is 0.236 e. The molecule has 0 bridgehead atoms. The van der Waals surface area contributed by atoms with E-state index in [0.717, 1.165) is 24.8 Å². The summed E-state index contributed by atoms with van der Waals surface area (Å²) in [5, 5.41) is 4.16. The van der Waals surface area contributed by atoms with Gasteiger partial charge in [-0.1, -0.05) is 46.8 Å². The number of nitrogens with zero attached hydrogens (tertiary/aromatic N) is 2. The van der Waals surface area contributed by atoms with E-state index in [1.54, 1.807) is 0 Å². The van der Waals surface area contributed by atoms with Crippen molar-refractivity contribution in [2.45, 2.75) is 4.34 Å². The summed E-state index contributed by atoms with van der Waals surface area (Å²) in [5.74, 6) is 0.208. The van der Waals surface area contributed by atoms with Crippen molar-refractivity contribution in [3.63, 3.8) is 0 Å². The number of rotatable bonds is 4. The standard InChI is InChI=1S/C16H10ClN3OS3/c17-9-5-6-11-13(7-9)24-16(19-11)22-8-14(21)20-15-18-10-3-1-2-4-12(10)23-15/h1-7H,8H2,(H,18,20,21). The van der Waals surface area contributed by atoms with Gasteiger partial charge < -0.3 is 5.32 Å². The summed E-state index contributed by atoms with van der Waals surface area (Å²) in [7, 11) is 0. The second-order valence-electron chi connectivity index (χ2n) is 4.92. The fourth-order valence-corrected chi connectivity index (χ4v) is 5.17. The SMILES string of the molecule is O=C(CSc1nc2ccc(Cl)cc2s1)Nc1nc2ccccc2s1. The number of anilines is 1. The Labute approximate surface area is 154 Å². The molecule has 1 N–H and O–H groups in total. The highest BCUT2D eigenvalue weighted by atomic mass is 35.5. The summed E-state index contributed by atoms with van der Waals surface area (Å²) in [4.78, 5) is 21.0. The Morgan fingerprint density at radius 3 is 2.79 bits per heavy atom. The largest absolute Gasteiger partial charge is 0.301 e. The first-order valence-electron chi connectivity index (χ1n) is 7.02. The number of para-hydroxylation sites is 1. The molecule has 2 aromatic carbocycles. The highest BCUT2D eigenvalue weighted by Gasteiger charge is 2.10. The zero-order valence-corrected chi connectivity index (χ0v) is 15.4. The fourth-order valence-electron chi connectivity index (χ4n) is 2.15. The van der Waals surface area contributed by atoms with Gasteiger partial charge in [0.2, 0.25) is 5.91 Å². The van der Waals surface area contributed by atoms with Gasteiger partial charge in [0.05, 0.1) is 26.2 Å². The summed E-state index contributed by atoms with van der Waals surface area (Å²) < 4.78 is 2.94. The third-order valence-electron chi connectivity index (χ3n) is 3.20. The van der Waals surface area contributed by atoms with Gasteiger partial charge in [-0.25, -0.2) is 9.97 Å². The third-order valence-corrected chi connectivity index (χ3v) is 6.55. The summed E-state index contributed by atoms with van der Waals surface area (Å²) in [6, 6.07) is 13.4. The average Bonchev–Trinajstić information content (AvgIpc) is 3.15. The van der Waals surface area contributed by atoms with Crippen LogP contribution in [0.15, 0.2) is 46.8 Å². The maximum Gasteiger partial charge on any atom is 0.236 e. The van der Waals surface area contributed by atoms with E-state index in [2.05, 4.69) is 15.3 Å². The number of amides is 1. The number of carbonyl (C=O) groups is 1. The molecule has 0 saturated carbocycles. The van der Waals surface area contributed by atoms with Crippen molar-refractivity contribution in [3.05, 3.63) is 47.5 Å². The lowest BCUT2D eigenvalue weighted by atomic mass is 10.3. The number of halogens is 1. The minimum absolute atomic E-state index is 0.0867. The number of fused-ring (bicyclic) bond motifs is 2. The average molecular weight is 392 g/mol. The van der Waals surface area contributed by atoms with E-state index in [-0.39, 0.29) is 5.91 Å². The summed E-state index contributed by atoms with van der Waals surface area (Å²) in [6.45, 7) is 0. The Balaban J connectivity index is 1.41. The molecule has 1 amide bonds. The number of benzene rings is 2. The molecule has 120 valence electrons. The van der Waals surface area contributed by atoms with Crippen LogP contribution in [0.1, 0.15) is 0 Å². The van der Waals surface area contributed by atoms with E-state index in [1.165, 1.54) is 34.4 Å². The first kappa shape index (κ1) is 15.8. The highest BCUT2D eigenvalue weighted by Crippen LogP contribution is 2.31. The van der Waals surface area contributed by atoms with E-state index in [0.29, 0.717) is 15.9 Å². The number of thioether (sulfide) groups is 1. The molecule has 0 aliphatic carbocycles. The maximum atomic E-state index is 12.1. The Bertz CT molecular complexity index is 1010. The Kier molecular flexibility index (Phi) is 4.41. The normalized spacial score (nSPS) is 11.2. The lowest BCUT2D eigenvalue weighted by Crippen LogP contribution is -2.13. The van der Waals surface area contributed by atoms with Crippen molar-refractivity contribution < 1.29 is 4.79 Å².